The molecule has 0 aliphatic heterocycles. The fraction of sp³-hybridized carbons (Fsp3) is 0.0227. The Balaban J connectivity index is 0.000000115. The van der Waals surface area contributed by atoms with Gasteiger partial charge in [0.2, 0.25) is 0 Å². The highest BCUT2D eigenvalue weighted by molar-refractivity contribution is 5.95. The van der Waals surface area contributed by atoms with E-state index >= 15 is 0 Å². The van der Waals surface area contributed by atoms with Gasteiger partial charge in [-0.25, -0.2) is 44.9 Å². The van der Waals surface area contributed by atoms with Crippen LogP contribution in [0.4, 0.5) is 0 Å². The van der Waals surface area contributed by atoms with E-state index in [9.17, 15) is 0 Å². The maximum absolute atomic E-state index is 5.10. The third-order valence-electron chi connectivity index (χ3n) is 27.0. The first kappa shape index (κ1) is 85.4. The van der Waals surface area contributed by atoms with Crippen LogP contribution >= 0.6 is 0 Å². The molecule has 0 fully saturated rings. The van der Waals surface area contributed by atoms with E-state index in [2.05, 4.69) is 370 Å². The Labute approximate surface area is 820 Å². The SMILES string of the molecule is c1ccc(-c2ccc(-c3nc(-c4ccccc4)nc(-c4cccc(-c5cccc6c5Cc5c(-c7ccccc7)cccc5-6)c4)n3)cc2)cc1.c1ccc(-c2cccc(-c3nc(-c4ccccc4)nc(-c4cccc(-c5cccc6c5Cc5c(-c7ccccc7)cccc5-6)c4)n3)c2)cc1.c1ccc(-c2nc(-c3ccccc3)nc(-c3cccc(-c4cccc5c4Cc4c(-c6ccccc6)cccc4-5)c3)n2)cc1. The summed E-state index contributed by atoms with van der Waals surface area (Å²) in [6, 6.07) is 176. The molecular weight excluding hydrogens is 1710 g/mol. The second-order valence-corrected chi connectivity index (χ2v) is 35.6. The third kappa shape index (κ3) is 17.4. The number of rotatable bonds is 17. The van der Waals surface area contributed by atoms with Crippen molar-refractivity contribution in [2.75, 3.05) is 0 Å². The van der Waals surface area contributed by atoms with Crippen molar-refractivity contribution in [2.24, 2.45) is 0 Å². The molecule has 0 spiro atoms. The number of hydrogen-bond acceptors (Lipinski definition) is 9. The summed E-state index contributed by atoms with van der Waals surface area (Å²) in [6.07, 6.45) is 2.68. The lowest BCUT2D eigenvalue weighted by Gasteiger charge is -2.12. The normalized spacial score (nSPS) is 11.6. The Kier molecular flexibility index (Phi) is 23.2. The van der Waals surface area contributed by atoms with Gasteiger partial charge in [-0.3, -0.25) is 0 Å². The molecule has 23 aromatic rings. The zero-order chi connectivity index (χ0) is 93.7. The van der Waals surface area contributed by atoms with Crippen LogP contribution in [0.1, 0.15) is 33.4 Å². The van der Waals surface area contributed by atoms with Gasteiger partial charge in [0.15, 0.2) is 52.4 Å². The molecule has 662 valence electrons. The molecule has 20 aromatic carbocycles. The number of hydrogen-bond donors (Lipinski definition) is 0. The zero-order valence-corrected chi connectivity index (χ0v) is 77.1. The van der Waals surface area contributed by atoms with Gasteiger partial charge in [0.1, 0.15) is 0 Å². The molecule has 0 saturated heterocycles. The van der Waals surface area contributed by atoms with Gasteiger partial charge in [0, 0.05) is 50.1 Å². The van der Waals surface area contributed by atoms with Crippen LogP contribution in [0.3, 0.4) is 0 Å². The summed E-state index contributed by atoms with van der Waals surface area (Å²) in [4.78, 5) is 45.0. The molecule has 9 nitrogen and oxygen atoms in total. The predicted octanol–water partition coefficient (Wildman–Crippen LogP) is 32.7. The first-order valence-electron chi connectivity index (χ1n) is 47.9. The van der Waals surface area contributed by atoms with E-state index in [0.717, 1.165) is 103 Å². The van der Waals surface area contributed by atoms with E-state index in [0.29, 0.717) is 52.4 Å². The molecule has 0 N–H and O–H groups in total. The molecule has 0 unspecified atom stereocenters. The van der Waals surface area contributed by atoms with Gasteiger partial charge >= 0.3 is 0 Å². The Hall–Kier alpha value is -18.6. The van der Waals surface area contributed by atoms with Crippen molar-refractivity contribution in [1.82, 2.24) is 44.9 Å². The topological polar surface area (TPSA) is 116 Å². The number of aromatic nitrogens is 9. The molecule has 0 bridgehead atoms. The van der Waals surface area contributed by atoms with Crippen LogP contribution in [-0.2, 0) is 19.3 Å². The lowest BCUT2D eigenvalue weighted by Crippen LogP contribution is -2.00. The Morgan fingerprint density at radius 2 is 0.227 bits per heavy atom. The molecule has 3 aliphatic carbocycles. The maximum atomic E-state index is 5.10. The van der Waals surface area contributed by atoms with Gasteiger partial charge in [0.25, 0.3) is 0 Å². The minimum Gasteiger partial charge on any atom is -0.208 e. The van der Waals surface area contributed by atoms with E-state index < -0.39 is 0 Å². The number of benzene rings is 20. The van der Waals surface area contributed by atoms with Crippen LogP contribution < -0.4 is 0 Å². The number of fused-ring (bicyclic) bond motifs is 9. The highest BCUT2D eigenvalue weighted by Crippen LogP contribution is 2.50. The minimum atomic E-state index is 0.650. The molecule has 0 atom stereocenters. The van der Waals surface area contributed by atoms with Crippen molar-refractivity contribution < 1.29 is 0 Å². The Morgan fingerprint density at radius 1 is 0.0922 bits per heavy atom. The van der Waals surface area contributed by atoms with Gasteiger partial charge in [0.05, 0.1) is 0 Å². The second-order valence-electron chi connectivity index (χ2n) is 35.6. The van der Waals surface area contributed by atoms with Crippen LogP contribution in [0.2, 0.25) is 0 Å². The highest BCUT2D eigenvalue weighted by atomic mass is 15.1. The van der Waals surface area contributed by atoms with E-state index in [1.165, 1.54) is 122 Å². The lowest BCUT2D eigenvalue weighted by atomic mass is 9.94. The van der Waals surface area contributed by atoms with E-state index in [4.69, 9.17) is 44.9 Å². The summed E-state index contributed by atoms with van der Waals surface area (Å²) in [7, 11) is 0. The van der Waals surface area contributed by atoms with Crippen LogP contribution in [0.25, 0.3) is 225 Å². The van der Waals surface area contributed by atoms with Crippen molar-refractivity contribution in [3.63, 3.8) is 0 Å². The maximum Gasteiger partial charge on any atom is 0.164 e. The Morgan fingerprint density at radius 3 is 0.461 bits per heavy atom. The van der Waals surface area contributed by atoms with Gasteiger partial charge in [-0.1, -0.05) is 479 Å². The summed E-state index contributed by atoms with van der Waals surface area (Å²) < 4.78 is 0. The van der Waals surface area contributed by atoms with Crippen LogP contribution in [0, 0.1) is 0 Å². The largest absolute Gasteiger partial charge is 0.208 e. The molecule has 26 rings (SSSR count). The van der Waals surface area contributed by atoms with Crippen molar-refractivity contribution in [3.8, 4) is 225 Å². The van der Waals surface area contributed by atoms with E-state index in [1.54, 1.807) is 0 Å². The molecule has 141 heavy (non-hydrogen) atoms. The fourth-order valence-electron chi connectivity index (χ4n) is 20.2. The molecule has 3 aliphatic rings. The average molecular weight is 1800 g/mol. The first-order valence-corrected chi connectivity index (χ1v) is 47.9. The highest BCUT2D eigenvalue weighted by Gasteiger charge is 2.30. The molecule has 0 saturated carbocycles. The predicted molar refractivity (Wildman–Crippen MR) is 577 cm³/mol. The summed E-state index contributed by atoms with van der Waals surface area (Å²) >= 11 is 0. The van der Waals surface area contributed by atoms with Crippen molar-refractivity contribution in [1.29, 1.82) is 0 Å². The van der Waals surface area contributed by atoms with Gasteiger partial charge in [-0.2, -0.15) is 0 Å². The van der Waals surface area contributed by atoms with Gasteiger partial charge in [-0.05, 0) is 199 Å². The smallest absolute Gasteiger partial charge is 0.164 e. The van der Waals surface area contributed by atoms with Gasteiger partial charge < -0.3 is 0 Å². The van der Waals surface area contributed by atoms with E-state index in [1.807, 2.05) is 133 Å². The summed E-state index contributed by atoms with van der Waals surface area (Å²) in [5.41, 5.74) is 44.2. The Bertz CT molecular complexity index is 8510. The standard InChI is InChI=1S/2C46H31N3.C40H27N3/c1-4-14-31(15-5-1)34-20-10-22-36(28-34)45-47-44(33-18-8-3-9-19-33)48-46(49-45)37-23-11-21-35(29-37)39-25-13-27-41-40-26-12-24-38(42(40)30-43(39)41)32-16-6-2-7-17-32;1-4-13-31(14-5-1)32-25-27-35(28-26-32)45-47-44(34-17-8-3-9-18-34)48-46(49-45)37-20-10-19-36(29-37)39-22-12-24-41-40-23-11-21-38(42(40)30-43(39)41)33-15-6-2-7-16-33;1-4-13-27(14-5-1)32-21-11-23-34-35-24-12-22-33(37(35)26-36(32)34)30-19-10-20-31(25-30)40-42-38(28-15-6-2-7-16-28)41-39(43-40)29-17-8-3-9-18-29/h2*1-29H,30H2;1-25H,26H2. The van der Waals surface area contributed by atoms with Crippen LogP contribution in [0.5, 0.6) is 0 Å². The molecule has 0 radical (unpaired) electrons. The molecule has 3 heterocycles. The van der Waals surface area contributed by atoms with Gasteiger partial charge in [-0.15, -0.1) is 0 Å². The van der Waals surface area contributed by atoms with Crippen molar-refractivity contribution in [3.05, 3.63) is 537 Å². The quantitative estimate of drug-likeness (QED) is 0.0879. The second kappa shape index (κ2) is 38.3. The molecular formula is C132H89N9. The van der Waals surface area contributed by atoms with E-state index in [-0.39, 0.29) is 0 Å². The lowest BCUT2D eigenvalue weighted by molar-refractivity contribution is 1.07. The summed E-state index contributed by atoms with van der Waals surface area (Å²) in [6.45, 7) is 0. The number of nitrogens with zero attached hydrogens (tertiary/aromatic N) is 9. The van der Waals surface area contributed by atoms with Crippen LogP contribution in [-0.4, -0.2) is 44.9 Å². The van der Waals surface area contributed by atoms with Crippen molar-refractivity contribution in [2.45, 2.75) is 19.3 Å². The zero-order valence-electron chi connectivity index (χ0n) is 77.1. The minimum absolute atomic E-state index is 0.650. The summed E-state index contributed by atoms with van der Waals surface area (Å²) in [5, 5.41) is 0. The molecule has 3 aromatic heterocycles. The fourth-order valence-corrected chi connectivity index (χ4v) is 20.2. The van der Waals surface area contributed by atoms with Crippen LogP contribution in [0.15, 0.2) is 504 Å². The molecule has 9 heteroatoms. The average Bonchev–Trinajstić information content (AvgIpc) is 1.61. The molecule has 0 amide bonds. The summed E-state index contributed by atoms with van der Waals surface area (Å²) in [5.74, 6) is 5.91. The monoisotopic (exact) mass is 1800 g/mol. The third-order valence-corrected chi connectivity index (χ3v) is 27.0. The van der Waals surface area contributed by atoms with Crippen molar-refractivity contribution >= 4 is 0 Å². The first-order chi connectivity index (χ1) is 69.9.